The molecule has 4 rings (SSSR count). The van der Waals surface area contributed by atoms with Gasteiger partial charge in [-0.05, 0) is 64.3 Å². The van der Waals surface area contributed by atoms with Gasteiger partial charge in [0, 0.05) is 11.6 Å². The number of alkyl carbamates (subject to hydrolysis) is 1. The normalized spacial score (nSPS) is 15.6. The molecule has 1 atom stereocenters. The van der Waals surface area contributed by atoms with Crippen LogP contribution in [0.15, 0.2) is 59.6 Å². The summed E-state index contributed by atoms with van der Waals surface area (Å²) < 4.78 is 45.0. The van der Waals surface area contributed by atoms with Crippen molar-refractivity contribution in [3.8, 4) is 0 Å². The Kier molecular flexibility index (Phi) is 9.10. The zero-order valence-electron chi connectivity index (χ0n) is 24.2. The van der Waals surface area contributed by atoms with E-state index in [1.54, 1.807) is 63.4 Å². The van der Waals surface area contributed by atoms with Gasteiger partial charge < -0.3 is 19.5 Å². The highest BCUT2D eigenvalue weighted by Gasteiger charge is 2.47. The number of ether oxygens (including phenoxy) is 3. The van der Waals surface area contributed by atoms with Crippen LogP contribution in [0.4, 0.5) is 4.79 Å². The molecule has 1 unspecified atom stereocenters. The number of fused-ring (bicyclic) bond motifs is 1. The fraction of sp³-hybridized carbons (Fsp3) is 0.467. The summed E-state index contributed by atoms with van der Waals surface area (Å²) in [6, 6.07) is 13.3. The SMILES string of the molecule is CCCOC(=O)CNC1(C(Cc2cn(S(=O)(=O)c3ccc(C)cc3)c3ccccc23)NC(=O)OC(C)(C)C)COC1. The first-order valence-electron chi connectivity index (χ1n) is 13.7. The number of hydrogen-bond acceptors (Lipinski definition) is 8. The summed E-state index contributed by atoms with van der Waals surface area (Å²) in [6.07, 6.45) is 1.93. The molecule has 0 bridgehead atoms. The van der Waals surface area contributed by atoms with Gasteiger partial charge in [0.05, 0.1) is 48.4 Å². The lowest BCUT2D eigenvalue weighted by molar-refractivity contribution is -0.145. The van der Waals surface area contributed by atoms with Gasteiger partial charge in [-0.25, -0.2) is 17.2 Å². The zero-order chi connectivity index (χ0) is 29.8. The van der Waals surface area contributed by atoms with Gasteiger partial charge in [-0.15, -0.1) is 0 Å². The highest BCUT2D eigenvalue weighted by atomic mass is 32.2. The lowest BCUT2D eigenvalue weighted by atomic mass is 9.83. The molecule has 41 heavy (non-hydrogen) atoms. The van der Waals surface area contributed by atoms with Crippen LogP contribution >= 0.6 is 0 Å². The maximum absolute atomic E-state index is 13.7. The summed E-state index contributed by atoms with van der Waals surface area (Å²) in [5.41, 5.74) is 0.652. The molecule has 1 amide bonds. The summed E-state index contributed by atoms with van der Waals surface area (Å²) in [5, 5.41) is 6.95. The molecule has 2 heterocycles. The highest BCUT2D eigenvalue weighted by molar-refractivity contribution is 7.90. The molecular formula is C30H39N3O7S. The molecule has 1 aliphatic rings. The number of aromatic nitrogens is 1. The number of carbonyl (C=O) groups is 2. The second-order valence-electron chi connectivity index (χ2n) is 11.4. The lowest BCUT2D eigenvalue weighted by Crippen LogP contribution is -2.72. The molecule has 2 aromatic carbocycles. The Morgan fingerprint density at radius 3 is 2.39 bits per heavy atom. The molecule has 0 spiro atoms. The first kappa shape index (κ1) is 30.5. The van der Waals surface area contributed by atoms with E-state index in [-0.39, 0.29) is 31.1 Å². The second kappa shape index (κ2) is 12.2. The maximum atomic E-state index is 13.7. The molecule has 1 aromatic heterocycles. The van der Waals surface area contributed by atoms with E-state index in [1.807, 2.05) is 26.0 Å². The van der Waals surface area contributed by atoms with Crippen LogP contribution in [-0.2, 0) is 35.4 Å². The number of rotatable bonds is 11. The molecule has 11 heteroatoms. The van der Waals surface area contributed by atoms with Crippen molar-refractivity contribution in [1.29, 1.82) is 0 Å². The molecule has 1 fully saturated rings. The van der Waals surface area contributed by atoms with E-state index in [0.29, 0.717) is 24.1 Å². The van der Waals surface area contributed by atoms with Crippen LogP contribution in [0.3, 0.4) is 0 Å². The van der Waals surface area contributed by atoms with Gasteiger partial charge in [0.25, 0.3) is 10.0 Å². The molecule has 1 saturated heterocycles. The predicted molar refractivity (Wildman–Crippen MR) is 155 cm³/mol. The molecule has 0 aliphatic carbocycles. The Morgan fingerprint density at radius 1 is 1.10 bits per heavy atom. The number of hydrogen-bond donors (Lipinski definition) is 2. The largest absolute Gasteiger partial charge is 0.465 e. The monoisotopic (exact) mass is 585 g/mol. The number of para-hydroxylation sites is 1. The van der Waals surface area contributed by atoms with Crippen molar-refractivity contribution in [2.24, 2.45) is 0 Å². The third kappa shape index (κ3) is 7.09. The van der Waals surface area contributed by atoms with Crippen LogP contribution in [0.25, 0.3) is 10.9 Å². The standard InChI is InChI=1S/C30H39N3O7S/c1-6-15-39-27(34)17-31-30(19-38-20-30)26(32-28(35)40-29(3,4)5)16-22-18-33(25-10-8-7-9-24(22)25)41(36,37)23-13-11-21(2)12-14-23/h7-14,18,26,31H,6,15-17,19-20H2,1-5H3,(H,32,35). The van der Waals surface area contributed by atoms with Gasteiger partial charge in [0.1, 0.15) is 5.60 Å². The fourth-order valence-corrected chi connectivity index (χ4v) is 6.11. The summed E-state index contributed by atoms with van der Waals surface area (Å²) in [6.45, 7) is 9.84. The molecule has 2 N–H and O–H groups in total. The smallest absolute Gasteiger partial charge is 0.407 e. The third-order valence-electron chi connectivity index (χ3n) is 6.89. The summed E-state index contributed by atoms with van der Waals surface area (Å²) >= 11 is 0. The number of amides is 1. The van der Waals surface area contributed by atoms with E-state index in [9.17, 15) is 18.0 Å². The predicted octanol–water partition coefficient (Wildman–Crippen LogP) is 3.93. The van der Waals surface area contributed by atoms with Crippen LogP contribution in [0.5, 0.6) is 0 Å². The van der Waals surface area contributed by atoms with E-state index in [0.717, 1.165) is 10.9 Å². The fourth-order valence-electron chi connectivity index (χ4n) is 4.72. The van der Waals surface area contributed by atoms with Gasteiger partial charge in [-0.2, -0.15) is 0 Å². The highest BCUT2D eigenvalue weighted by Crippen LogP contribution is 2.31. The van der Waals surface area contributed by atoms with Crippen molar-refractivity contribution in [3.05, 3.63) is 65.9 Å². The van der Waals surface area contributed by atoms with Gasteiger partial charge in [-0.1, -0.05) is 42.8 Å². The first-order chi connectivity index (χ1) is 19.3. The van der Waals surface area contributed by atoms with E-state index >= 15 is 0 Å². The number of nitrogens with zero attached hydrogens (tertiary/aromatic N) is 1. The van der Waals surface area contributed by atoms with Crippen molar-refractivity contribution in [2.75, 3.05) is 26.4 Å². The summed E-state index contributed by atoms with van der Waals surface area (Å²) in [4.78, 5) is 25.5. The van der Waals surface area contributed by atoms with Crippen LogP contribution in [0, 0.1) is 6.92 Å². The quantitative estimate of drug-likeness (QED) is 0.325. The van der Waals surface area contributed by atoms with Crippen molar-refractivity contribution in [2.45, 2.75) is 69.5 Å². The number of esters is 1. The molecule has 0 saturated carbocycles. The molecular weight excluding hydrogens is 546 g/mol. The zero-order valence-corrected chi connectivity index (χ0v) is 25.0. The third-order valence-corrected chi connectivity index (χ3v) is 8.58. The van der Waals surface area contributed by atoms with Gasteiger partial charge in [0.2, 0.25) is 0 Å². The van der Waals surface area contributed by atoms with Gasteiger partial charge in [-0.3, -0.25) is 10.1 Å². The topological polar surface area (TPSA) is 125 Å². The number of benzene rings is 2. The summed E-state index contributed by atoms with van der Waals surface area (Å²) in [7, 11) is -3.90. The second-order valence-corrected chi connectivity index (χ2v) is 13.2. The van der Waals surface area contributed by atoms with Gasteiger partial charge >= 0.3 is 12.1 Å². The molecule has 222 valence electrons. The van der Waals surface area contributed by atoms with E-state index < -0.39 is 39.3 Å². The van der Waals surface area contributed by atoms with Crippen LogP contribution < -0.4 is 10.6 Å². The van der Waals surface area contributed by atoms with Crippen LogP contribution in [0.1, 0.15) is 45.2 Å². The van der Waals surface area contributed by atoms with E-state index in [1.165, 1.54) is 3.97 Å². The van der Waals surface area contributed by atoms with Crippen molar-refractivity contribution in [1.82, 2.24) is 14.6 Å². The first-order valence-corrected chi connectivity index (χ1v) is 15.2. The van der Waals surface area contributed by atoms with Crippen molar-refractivity contribution < 1.29 is 32.2 Å². The molecule has 1 aliphatic heterocycles. The number of aryl methyl sites for hydroxylation is 1. The van der Waals surface area contributed by atoms with Crippen molar-refractivity contribution >= 4 is 33.0 Å². The van der Waals surface area contributed by atoms with E-state index in [4.69, 9.17) is 14.2 Å². The number of carbonyl (C=O) groups excluding carboxylic acids is 2. The average Bonchev–Trinajstić information content (AvgIpc) is 3.25. The van der Waals surface area contributed by atoms with Crippen LogP contribution in [-0.4, -0.2) is 68.0 Å². The number of nitrogens with one attached hydrogen (secondary N) is 2. The Hall–Kier alpha value is -3.41. The minimum absolute atomic E-state index is 0.0700. The minimum Gasteiger partial charge on any atom is -0.465 e. The van der Waals surface area contributed by atoms with E-state index in [2.05, 4.69) is 10.6 Å². The Bertz CT molecular complexity index is 1490. The Labute approximate surface area is 241 Å². The maximum Gasteiger partial charge on any atom is 0.407 e. The van der Waals surface area contributed by atoms with Crippen molar-refractivity contribution in [3.63, 3.8) is 0 Å². The average molecular weight is 586 g/mol. The minimum atomic E-state index is -3.90. The molecule has 10 nitrogen and oxygen atoms in total. The Morgan fingerprint density at radius 2 is 1.78 bits per heavy atom. The van der Waals surface area contributed by atoms with Gasteiger partial charge in [0.15, 0.2) is 0 Å². The summed E-state index contributed by atoms with van der Waals surface area (Å²) in [5.74, 6) is -0.407. The lowest BCUT2D eigenvalue weighted by Gasteiger charge is -2.47. The molecule has 0 radical (unpaired) electrons. The molecule has 3 aromatic rings. The Balaban J connectivity index is 1.71. The van der Waals surface area contributed by atoms with Crippen LogP contribution in [0.2, 0.25) is 0 Å².